The Bertz CT molecular complexity index is 1820. The van der Waals surface area contributed by atoms with Crippen molar-refractivity contribution in [1.82, 2.24) is 35.1 Å². The molecule has 1 amide bonds. The van der Waals surface area contributed by atoms with Crippen molar-refractivity contribution < 1.29 is 14.3 Å². The van der Waals surface area contributed by atoms with E-state index in [-0.39, 0.29) is 11.7 Å². The molecule has 1 aromatic carbocycles. The number of nitrogens with zero attached hydrogens (tertiary/aromatic N) is 5. The van der Waals surface area contributed by atoms with Crippen LogP contribution in [0.3, 0.4) is 0 Å². The summed E-state index contributed by atoms with van der Waals surface area (Å²) in [4.78, 5) is 33.5. The summed E-state index contributed by atoms with van der Waals surface area (Å²) in [6.45, 7) is 2.04. The first-order valence-electron chi connectivity index (χ1n) is 12.4. The van der Waals surface area contributed by atoms with Crippen molar-refractivity contribution in [2.75, 3.05) is 5.32 Å². The second-order valence-corrected chi connectivity index (χ2v) is 9.15. The molecule has 0 saturated carbocycles. The van der Waals surface area contributed by atoms with Gasteiger partial charge in [0, 0.05) is 36.0 Å². The predicted octanol–water partition coefficient (Wildman–Crippen LogP) is 5.60. The number of fused-ring (bicyclic) bond motifs is 2. The number of aromatic hydroxyl groups is 1. The standard InChI is InChI=1S/C28H23FN8O2/c1-2-3-4-24(39)32-18-8-16(11-30-12-18)21-5-6-22-26(33-21)27(37-36-22)28-34-23-14-31-13-20(25(23)35-28)15-7-17(29)10-19(38)9-15/h5-14,38H,2-4H2,1H3,(H,32,39)(H,34,35)(H,36,37). The Labute approximate surface area is 221 Å². The number of halogens is 1. The summed E-state index contributed by atoms with van der Waals surface area (Å²) < 4.78 is 14.0. The van der Waals surface area contributed by atoms with Gasteiger partial charge in [-0.1, -0.05) is 13.3 Å². The molecule has 0 saturated heterocycles. The predicted molar refractivity (Wildman–Crippen MR) is 145 cm³/mol. The van der Waals surface area contributed by atoms with Crippen LogP contribution >= 0.6 is 0 Å². The second kappa shape index (κ2) is 9.93. The van der Waals surface area contributed by atoms with Crippen LogP contribution in [0, 0.1) is 5.82 Å². The highest BCUT2D eigenvalue weighted by molar-refractivity contribution is 5.96. The van der Waals surface area contributed by atoms with Crippen LogP contribution in [0.2, 0.25) is 0 Å². The van der Waals surface area contributed by atoms with E-state index in [1.807, 2.05) is 25.1 Å². The number of carbonyl (C=O) groups is 1. The van der Waals surface area contributed by atoms with Gasteiger partial charge in [0.2, 0.25) is 5.91 Å². The number of benzene rings is 1. The largest absolute Gasteiger partial charge is 0.508 e. The van der Waals surface area contributed by atoms with E-state index in [1.54, 1.807) is 24.8 Å². The third-order valence-corrected chi connectivity index (χ3v) is 6.29. The molecular formula is C28H23FN8O2. The van der Waals surface area contributed by atoms with E-state index in [0.717, 1.165) is 24.5 Å². The van der Waals surface area contributed by atoms with Crippen LogP contribution in [0.15, 0.2) is 61.2 Å². The van der Waals surface area contributed by atoms with Gasteiger partial charge >= 0.3 is 0 Å². The number of unbranched alkanes of at least 4 members (excludes halogenated alkanes) is 1. The molecule has 0 spiro atoms. The molecule has 0 atom stereocenters. The van der Waals surface area contributed by atoms with Gasteiger partial charge < -0.3 is 15.4 Å². The average molecular weight is 523 g/mol. The van der Waals surface area contributed by atoms with Crippen LogP contribution in [0.1, 0.15) is 26.2 Å². The molecule has 11 heteroatoms. The first kappa shape index (κ1) is 24.2. The first-order chi connectivity index (χ1) is 19.0. The third-order valence-electron chi connectivity index (χ3n) is 6.29. The maximum Gasteiger partial charge on any atom is 0.224 e. The number of hydrogen-bond donors (Lipinski definition) is 4. The minimum Gasteiger partial charge on any atom is -0.508 e. The number of pyridine rings is 3. The lowest BCUT2D eigenvalue weighted by atomic mass is 10.1. The molecule has 0 radical (unpaired) electrons. The Morgan fingerprint density at radius 3 is 2.69 bits per heavy atom. The number of phenolic OH excluding ortho intramolecular Hbond substituents is 1. The Morgan fingerprint density at radius 1 is 0.974 bits per heavy atom. The van der Waals surface area contributed by atoms with E-state index in [9.17, 15) is 14.3 Å². The topological polar surface area (TPSA) is 145 Å². The van der Waals surface area contributed by atoms with Gasteiger partial charge in [-0.05, 0) is 42.3 Å². The van der Waals surface area contributed by atoms with Crippen molar-refractivity contribution in [2.24, 2.45) is 0 Å². The summed E-state index contributed by atoms with van der Waals surface area (Å²) in [5.41, 5.74) is 5.95. The van der Waals surface area contributed by atoms with E-state index < -0.39 is 5.82 Å². The van der Waals surface area contributed by atoms with Crippen LogP contribution in [-0.4, -0.2) is 46.1 Å². The number of carbonyl (C=O) groups excluding carboxylic acids is 1. The quantitative estimate of drug-likeness (QED) is 0.214. The maximum atomic E-state index is 14.0. The highest BCUT2D eigenvalue weighted by atomic mass is 19.1. The van der Waals surface area contributed by atoms with E-state index in [0.29, 0.717) is 62.5 Å². The van der Waals surface area contributed by atoms with Gasteiger partial charge in [0.1, 0.15) is 17.1 Å². The van der Waals surface area contributed by atoms with Gasteiger partial charge in [-0.2, -0.15) is 5.10 Å². The molecule has 0 unspecified atom stereocenters. The first-order valence-corrected chi connectivity index (χ1v) is 12.4. The molecule has 5 aromatic heterocycles. The van der Waals surface area contributed by atoms with Crippen molar-refractivity contribution in [1.29, 1.82) is 0 Å². The van der Waals surface area contributed by atoms with Gasteiger partial charge in [0.25, 0.3) is 0 Å². The number of aromatic amines is 2. The van der Waals surface area contributed by atoms with Crippen LogP contribution in [-0.2, 0) is 4.79 Å². The van der Waals surface area contributed by atoms with Gasteiger partial charge in [0.05, 0.1) is 40.3 Å². The van der Waals surface area contributed by atoms with Crippen LogP contribution in [0.4, 0.5) is 10.1 Å². The van der Waals surface area contributed by atoms with Crippen LogP contribution in [0.5, 0.6) is 5.75 Å². The lowest BCUT2D eigenvalue weighted by Gasteiger charge is -2.07. The number of nitrogens with one attached hydrogen (secondary N) is 3. The highest BCUT2D eigenvalue weighted by Gasteiger charge is 2.18. The molecule has 39 heavy (non-hydrogen) atoms. The summed E-state index contributed by atoms with van der Waals surface area (Å²) in [5.74, 6) is -0.354. The molecule has 0 bridgehead atoms. The van der Waals surface area contributed by atoms with Crippen molar-refractivity contribution >= 4 is 33.7 Å². The second-order valence-electron chi connectivity index (χ2n) is 9.15. The molecule has 0 fully saturated rings. The number of phenols is 1. The average Bonchev–Trinajstić information content (AvgIpc) is 3.55. The lowest BCUT2D eigenvalue weighted by Crippen LogP contribution is -2.11. The minimum absolute atomic E-state index is 0.0523. The third kappa shape index (κ3) is 4.77. The van der Waals surface area contributed by atoms with Crippen molar-refractivity contribution in [2.45, 2.75) is 26.2 Å². The SMILES string of the molecule is CCCCC(=O)Nc1cncc(-c2ccc3[nH]nc(-c4nc5c(-c6cc(O)cc(F)c6)cncc5[nH]4)c3n2)c1. The molecule has 5 heterocycles. The van der Waals surface area contributed by atoms with E-state index in [4.69, 9.17) is 9.97 Å². The highest BCUT2D eigenvalue weighted by Crippen LogP contribution is 2.33. The molecule has 10 nitrogen and oxygen atoms in total. The van der Waals surface area contributed by atoms with E-state index in [2.05, 4.69) is 30.5 Å². The Balaban J connectivity index is 1.38. The van der Waals surface area contributed by atoms with Gasteiger partial charge in [-0.3, -0.25) is 19.9 Å². The smallest absolute Gasteiger partial charge is 0.224 e. The van der Waals surface area contributed by atoms with Crippen LogP contribution < -0.4 is 5.32 Å². The Morgan fingerprint density at radius 2 is 1.85 bits per heavy atom. The summed E-state index contributed by atoms with van der Waals surface area (Å²) in [5, 5.41) is 20.2. The Kier molecular flexibility index (Phi) is 6.16. The van der Waals surface area contributed by atoms with Crippen LogP contribution in [0.25, 0.3) is 56.0 Å². The fraction of sp³-hybridized carbons (Fsp3) is 0.143. The number of H-pyrrole nitrogens is 2. The maximum absolute atomic E-state index is 14.0. The van der Waals surface area contributed by atoms with Crippen molar-refractivity contribution in [3.63, 3.8) is 0 Å². The van der Waals surface area contributed by atoms with Crippen molar-refractivity contribution in [3.05, 3.63) is 67.0 Å². The fourth-order valence-corrected chi connectivity index (χ4v) is 4.42. The summed E-state index contributed by atoms with van der Waals surface area (Å²) in [6.07, 6.45) is 8.70. The zero-order valence-corrected chi connectivity index (χ0v) is 20.9. The van der Waals surface area contributed by atoms with E-state index >= 15 is 0 Å². The van der Waals surface area contributed by atoms with Gasteiger partial charge in [0.15, 0.2) is 11.5 Å². The zero-order valence-electron chi connectivity index (χ0n) is 20.9. The number of rotatable bonds is 7. The molecule has 0 aliphatic rings. The summed E-state index contributed by atoms with van der Waals surface area (Å²) in [6, 6.07) is 9.36. The Hall–Kier alpha value is -5.19. The molecule has 4 N–H and O–H groups in total. The molecule has 194 valence electrons. The molecule has 6 rings (SSSR count). The molecule has 0 aliphatic carbocycles. The number of hydrogen-bond acceptors (Lipinski definition) is 7. The van der Waals surface area contributed by atoms with Crippen molar-refractivity contribution in [3.8, 4) is 39.7 Å². The normalized spacial score (nSPS) is 11.3. The lowest BCUT2D eigenvalue weighted by molar-refractivity contribution is -0.116. The number of anilines is 1. The minimum atomic E-state index is -0.563. The fourth-order valence-electron chi connectivity index (χ4n) is 4.42. The summed E-state index contributed by atoms with van der Waals surface area (Å²) in [7, 11) is 0. The summed E-state index contributed by atoms with van der Waals surface area (Å²) >= 11 is 0. The monoisotopic (exact) mass is 522 g/mol. The van der Waals surface area contributed by atoms with E-state index in [1.165, 1.54) is 12.1 Å². The zero-order chi connectivity index (χ0) is 26.9. The molecule has 0 aliphatic heterocycles. The number of imidazole rings is 1. The number of aromatic nitrogens is 7. The number of amides is 1. The molecule has 6 aromatic rings. The van der Waals surface area contributed by atoms with Gasteiger partial charge in [-0.25, -0.2) is 14.4 Å². The van der Waals surface area contributed by atoms with Gasteiger partial charge in [-0.15, -0.1) is 0 Å². The molecular weight excluding hydrogens is 499 g/mol.